The quantitative estimate of drug-likeness (QED) is 0.604. The summed E-state index contributed by atoms with van der Waals surface area (Å²) in [5.74, 6) is 0.377. The van der Waals surface area contributed by atoms with Gasteiger partial charge in [-0.3, -0.25) is 0 Å². The molecule has 0 amide bonds. The smallest absolute Gasteiger partial charge is 0.197 e. The molecule has 0 saturated carbocycles. The Kier molecular flexibility index (Phi) is 1.55. The van der Waals surface area contributed by atoms with E-state index in [1.165, 1.54) is 5.57 Å². The van der Waals surface area contributed by atoms with Crippen molar-refractivity contribution in [3.63, 3.8) is 0 Å². The first-order valence-electron chi connectivity index (χ1n) is 4.52. The van der Waals surface area contributed by atoms with Crippen LogP contribution in [-0.2, 0) is 0 Å². The van der Waals surface area contributed by atoms with Crippen LogP contribution in [0, 0.1) is 5.92 Å². The summed E-state index contributed by atoms with van der Waals surface area (Å²) < 4.78 is 0. The summed E-state index contributed by atoms with van der Waals surface area (Å²) >= 11 is 5.02. The first-order valence-corrected chi connectivity index (χ1v) is 4.93. The molecule has 0 aromatic rings. The molecule has 0 aromatic carbocycles. The fraction of sp³-hybridized carbons (Fsp3) is 0.0909. The molecule has 3 heteroatoms. The second kappa shape index (κ2) is 2.75. The Morgan fingerprint density at radius 1 is 1.21 bits per heavy atom. The highest BCUT2D eigenvalue weighted by Crippen LogP contribution is 2.28. The maximum absolute atomic E-state index is 5.02. The number of hydrogen-bond donors (Lipinski definition) is 1. The van der Waals surface area contributed by atoms with Crippen LogP contribution < -0.4 is 5.32 Å². The molecule has 1 heterocycles. The summed E-state index contributed by atoms with van der Waals surface area (Å²) in [6.07, 6.45) is 12.6. The highest BCUT2D eigenvalue weighted by Gasteiger charge is 2.25. The van der Waals surface area contributed by atoms with E-state index in [2.05, 4.69) is 34.6 Å². The Morgan fingerprint density at radius 3 is 3.07 bits per heavy atom. The van der Waals surface area contributed by atoms with Crippen molar-refractivity contribution in [1.29, 1.82) is 0 Å². The Bertz CT molecular complexity index is 464. The van der Waals surface area contributed by atoms with Gasteiger partial charge < -0.3 is 5.32 Å². The summed E-state index contributed by atoms with van der Waals surface area (Å²) in [4.78, 5) is 4.24. The number of aliphatic imine (C=N–C) groups is 1. The van der Waals surface area contributed by atoms with Crippen LogP contribution >= 0.6 is 12.2 Å². The van der Waals surface area contributed by atoms with Crippen molar-refractivity contribution < 1.29 is 0 Å². The SMILES string of the molecule is S=C1N=C2C=CC3C=CC=CC3=C2N1. The molecule has 2 aliphatic carbocycles. The molecule has 0 spiro atoms. The molecule has 1 aliphatic heterocycles. The van der Waals surface area contributed by atoms with E-state index in [0.29, 0.717) is 11.0 Å². The second-order valence-corrected chi connectivity index (χ2v) is 3.77. The van der Waals surface area contributed by atoms with E-state index in [1.807, 2.05) is 12.2 Å². The molecule has 0 bridgehead atoms. The lowest BCUT2D eigenvalue weighted by Crippen LogP contribution is -2.21. The molecule has 1 unspecified atom stereocenters. The maximum atomic E-state index is 5.02. The summed E-state index contributed by atoms with van der Waals surface area (Å²) in [7, 11) is 0. The molecule has 14 heavy (non-hydrogen) atoms. The van der Waals surface area contributed by atoms with Crippen molar-refractivity contribution in [1.82, 2.24) is 5.32 Å². The monoisotopic (exact) mass is 200 g/mol. The Balaban J connectivity index is 2.16. The number of rotatable bonds is 0. The molecular weight excluding hydrogens is 192 g/mol. The molecule has 0 saturated heterocycles. The van der Waals surface area contributed by atoms with Crippen LogP contribution in [0.3, 0.4) is 0 Å². The maximum Gasteiger partial charge on any atom is 0.197 e. The van der Waals surface area contributed by atoms with Gasteiger partial charge in [0.1, 0.15) is 0 Å². The highest BCUT2D eigenvalue weighted by molar-refractivity contribution is 7.80. The number of hydrogen-bond acceptors (Lipinski definition) is 1. The van der Waals surface area contributed by atoms with Gasteiger partial charge in [-0.05, 0) is 23.9 Å². The first-order chi connectivity index (χ1) is 6.84. The van der Waals surface area contributed by atoms with Crippen LogP contribution in [0.15, 0.2) is 52.7 Å². The topological polar surface area (TPSA) is 24.4 Å². The normalized spacial score (nSPS) is 27.3. The predicted molar refractivity (Wildman–Crippen MR) is 61.1 cm³/mol. The molecule has 3 aliphatic rings. The highest BCUT2D eigenvalue weighted by atomic mass is 32.1. The van der Waals surface area contributed by atoms with E-state index >= 15 is 0 Å². The zero-order valence-electron chi connectivity index (χ0n) is 7.40. The molecule has 1 N–H and O–H groups in total. The van der Waals surface area contributed by atoms with Crippen molar-refractivity contribution in [3.05, 3.63) is 47.7 Å². The third-order valence-corrected chi connectivity index (χ3v) is 2.72. The number of allylic oxidation sites excluding steroid dienone is 7. The van der Waals surface area contributed by atoms with E-state index in [-0.39, 0.29) is 0 Å². The van der Waals surface area contributed by atoms with E-state index < -0.39 is 0 Å². The van der Waals surface area contributed by atoms with Gasteiger partial charge in [0.25, 0.3) is 0 Å². The lowest BCUT2D eigenvalue weighted by Gasteiger charge is -2.19. The van der Waals surface area contributed by atoms with E-state index in [1.54, 1.807) is 0 Å². The first kappa shape index (κ1) is 7.88. The average molecular weight is 200 g/mol. The van der Waals surface area contributed by atoms with Crippen molar-refractivity contribution in [2.24, 2.45) is 10.9 Å². The minimum absolute atomic E-state index is 0.377. The summed E-state index contributed by atoms with van der Waals surface area (Å²) in [5, 5.41) is 3.69. The summed E-state index contributed by atoms with van der Waals surface area (Å²) in [5.41, 5.74) is 3.29. The average Bonchev–Trinajstić information content (AvgIpc) is 2.59. The van der Waals surface area contributed by atoms with Gasteiger partial charge in [0, 0.05) is 5.92 Å². The van der Waals surface area contributed by atoms with Crippen LogP contribution in [0.4, 0.5) is 0 Å². The zero-order valence-corrected chi connectivity index (χ0v) is 8.21. The largest absolute Gasteiger partial charge is 0.329 e. The van der Waals surface area contributed by atoms with Crippen molar-refractivity contribution >= 4 is 23.0 Å². The van der Waals surface area contributed by atoms with Gasteiger partial charge in [0.15, 0.2) is 5.11 Å². The van der Waals surface area contributed by atoms with Gasteiger partial charge >= 0.3 is 0 Å². The fourth-order valence-electron chi connectivity index (χ4n) is 1.88. The minimum atomic E-state index is 0.377. The number of thiocarbonyl (C=S) groups is 1. The predicted octanol–water partition coefficient (Wildman–Crippen LogP) is 1.88. The molecule has 0 fully saturated rings. The third-order valence-electron chi connectivity index (χ3n) is 2.52. The van der Waals surface area contributed by atoms with E-state index in [4.69, 9.17) is 12.2 Å². The van der Waals surface area contributed by atoms with Gasteiger partial charge in [0.05, 0.1) is 11.4 Å². The molecule has 0 aromatic heterocycles. The number of nitrogens with zero attached hydrogens (tertiary/aromatic N) is 1. The van der Waals surface area contributed by atoms with Crippen LogP contribution in [0.1, 0.15) is 0 Å². The Hall–Kier alpha value is -1.48. The molecule has 1 atom stereocenters. The number of nitrogens with one attached hydrogen (secondary N) is 1. The fourth-order valence-corrected chi connectivity index (χ4v) is 2.08. The summed E-state index contributed by atoms with van der Waals surface area (Å²) in [6, 6.07) is 0. The third kappa shape index (κ3) is 1.02. The Labute approximate surface area is 87.4 Å². The van der Waals surface area contributed by atoms with Gasteiger partial charge in [0.2, 0.25) is 0 Å². The lowest BCUT2D eigenvalue weighted by atomic mass is 9.87. The number of fused-ring (bicyclic) bond motifs is 2. The molecular formula is C11H8N2S. The van der Waals surface area contributed by atoms with Crippen molar-refractivity contribution in [2.75, 3.05) is 0 Å². The standard InChI is InChI=1S/C11H8N2S/c14-11-12-9-6-5-7-3-1-2-4-8(7)10(9)13-11/h1-7H,(H,13,14). The second-order valence-electron chi connectivity index (χ2n) is 3.39. The van der Waals surface area contributed by atoms with Crippen molar-refractivity contribution in [2.45, 2.75) is 0 Å². The van der Waals surface area contributed by atoms with Crippen LogP contribution in [-0.4, -0.2) is 10.8 Å². The molecule has 2 nitrogen and oxygen atoms in total. The van der Waals surface area contributed by atoms with Gasteiger partial charge in [-0.15, -0.1) is 0 Å². The van der Waals surface area contributed by atoms with Crippen LogP contribution in [0.5, 0.6) is 0 Å². The Morgan fingerprint density at radius 2 is 2.14 bits per heavy atom. The summed E-state index contributed by atoms with van der Waals surface area (Å²) in [6.45, 7) is 0. The molecule has 68 valence electrons. The van der Waals surface area contributed by atoms with Gasteiger partial charge in [-0.2, -0.15) is 0 Å². The van der Waals surface area contributed by atoms with Crippen LogP contribution in [0.2, 0.25) is 0 Å². The van der Waals surface area contributed by atoms with Crippen molar-refractivity contribution in [3.8, 4) is 0 Å². The van der Waals surface area contributed by atoms with Gasteiger partial charge in [-0.1, -0.05) is 30.4 Å². The molecule has 3 rings (SSSR count). The van der Waals surface area contributed by atoms with Crippen LogP contribution in [0.25, 0.3) is 0 Å². The minimum Gasteiger partial charge on any atom is -0.329 e. The van der Waals surface area contributed by atoms with Gasteiger partial charge in [-0.25, -0.2) is 4.99 Å². The van der Waals surface area contributed by atoms with E-state index in [0.717, 1.165) is 11.4 Å². The lowest BCUT2D eigenvalue weighted by molar-refractivity contribution is 0.956. The zero-order chi connectivity index (χ0) is 9.54. The molecule has 0 radical (unpaired) electrons. The van der Waals surface area contributed by atoms with E-state index in [9.17, 15) is 0 Å².